The number of aryl methyl sites for hydroxylation is 1. The van der Waals surface area contributed by atoms with Crippen molar-refractivity contribution in [3.63, 3.8) is 0 Å². The van der Waals surface area contributed by atoms with E-state index < -0.39 is 21.9 Å². The number of aromatic nitrogens is 1. The highest BCUT2D eigenvalue weighted by molar-refractivity contribution is 7.89. The fourth-order valence-corrected chi connectivity index (χ4v) is 7.59. The third-order valence-corrected chi connectivity index (χ3v) is 9.98. The Bertz CT molecular complexity index is 1460. The Morgan fingerprint density at radius 1 is 1.00 bits per heavy atom. The largest absolute Gasteiger partial charge is 0.371 e. The minimum atomic E-state index is -4.04. The predicted molar refractivity (Wildman–Crippen MR) is 143 cm³/mol. The number of pyridine rings is 1. The number of halogens is 1. The molecule has 9 heteroatoms. The number of sulfonamides is 1. The molecule has 198 valence electrons. The van der Waals surface area contributed by atoms with Gasteiger partial charge in [-0.25, -0.2) is 17.5 Å². The second-order valence-corrected chi connectivity index (χ2v) is 12.4. The zero-order chi connectivity index (χ0) is 26.3. The van der Waals surface area contributed by atoms with Gasteiger partial charge in [0.05, 0.1) is 0 Å². The van der Waals surface area contributed by atoms with Crippen molar-refractivity contribution in [3.05, 3.63) is 89.5 Å². The molecule has 1 amide bonds. The van der Waals surface area contributed by atoms with Crippen LogP contribution in [0, 0.1) is 11.2 Å². The second kappa shape index (κ2) is 9.78. The Morgan fingerprint density at radius 3 is 2.50 bits per heavy atom. The molecule has 7 nitrogen and oxygen atoms in total. The van der Waals surface area contributed by atoms with Crippen LogP contribution in [0.15, 0.2) is 71.9 Å². The highest BCUT2D eigenvalue weighted by Gasteiger charge is 2.42. The first kappa shape index (κ1) is 25.0. The molecule has 1 aromatic heterocycles. The highest BCUT2D eigenvalue weighted by atomic mass is 32.2. The van der Waals surface area contributed by atoms with E-state index in [1.54, 1.807) is 0 Å². The number of carbonyl (C=O) groups excluding carboxylic acids is 1. The van der Waals surface area contributed by atoms with Gasteiger partial charge < -0.3 is 9.80 Å². The maximum Gasteiger partial charge on any atom is 0.253 e. The quantitative estimate of drug-likeness (QED) is 0.527. The number of anilines is 1. The van der Waals surface area contributed by atoms with Gasteiger partial charge in [0, 0.05) is 55.9 Å². The summed E-state index contributed by atoms with van der Waals surface area (Å²) < 4.78 is 42.6. The van der Waals surface area contributed by atoms with Gasteiger partial charge >= 0.3 is 0 Å². The number of carbonyl (C=O) groups is 1. The van der Waals surface area contributed by atoms with Crippen LogP contribution in [0.1, 0.15) is 53.2 Å². The Hall–Kier alpha value is -3.30. The number of nitrogens with one attached hydrogen (secondary N) is 1. The molecule has 0 radical (unpaired) electrons. The molecule has 1 N–H and O–H groups in total. The summed E-state index contributed by atoms with van der Waals surface area (Å²) in [6.07, 6.45) is 8.01. The monoisotopic (exact) mass is 534 g/mol. The number of fused-ring (bicyclic) bond motifs is 1. The minimum absolute atomic E-state index is 0.0103. The Balaban J connectivity index is 1.14. The molecule has 1 spiro atoms. The van der Waals surface area contributed by atoms with Crippen molar-refractivity contribution in [3.8, 4) is 0 Å². The summed E-state index contributed by atoms with van der Waals surface area (Å²) in [4.78, 5) is 21.6. The Kier molecular flexibility index (Phi) is 6.44. The summed E-state index contributed by atoms with van der Waals surface area (Å²) in [6.45, 7) is 3.41. The minimum Gasteiger partial charge on any atom is -0.371 e. The first-order chi connectivity index (χ1) is 18.3. The lowest BCUT2D eigenvalue weighted by atomic mass is 9.77. The normalized spacial score (nSPS) is 20.6. The molecule has 2 aromatic carbocycles. The van der Waals surface area contributed by atoms with Crippen LogP contribution in [-0.4, -0.2) is 50.4 Å². The van der Waals surface area contributed by atoms with E-state index in [2.05, 4.69) is 14.6 Å². The van der Waals surface area contributed by atoms with E-state index >= 15 is 0 Å². The number of amides is 1. The average molecular weight is 535 g/mol. The van der Waals surface area contributed by atoms with E-state index in [1.807, 2.05) is 47.6 Å². The molecule has 38 heavy (non-hydrogen) atoms. The van der Waals surface area contributed by atoms with Crippen LogP contribution in [0.25, 0.3) is 0 Å². The average Bonchev–Trinajstić information content (AvgIpc) is 3.53. The van der Waals surface area contributed by atoms with E-state index in [0.29, 0.717) is 18.4 Å². The lowest BCUT2D eigenvalue weighted by Gasteiger charge is -2.40. The van der Waals surface area contributed by atoms with E-state index in [9.17, 15) is 17.6 Å². The Labute approximate surface area is 222 Å². The molecule has 2 aliphatic heterocycles. The molecular weight excluding hydrogens is 503 g/mol. The van der Waals surface area contributed by atoms with Crippen LogP contribution >= 0.6 is 0 Å². The lowest BCUT2D eigenvalue weighted by Crippen LogP contribution is -2.42. The fraction of sp³-hybridized carbons (Fsp3) is 0.379. The lowest BCUT2D eigenvalue weighted by molar-refractivity contribution is 0.0764. The van der Waals surface area contributed by atoms with Crippen LogP contribution in [0.2, 0.25) is 0 Å². The molecule has 6 rings (SSSR count). The number of hydrogen-bond donors (Lipinski definition) is 1. The highest BCUT2D eigenvalue weighted by Crippen LogP contribution is 2.42. The van der Waals surface area contributed by atoms with Crippen LogP contribution < -0.4 is 9.62 Å². The van der Waals surface area contributed by atoms with Gasteiger partial charge in [0.15, 0.2) is 0 Å². The molecule has 3 heterocycles. The maximum atomic E-state index is 14.2. The van der Waals surface area contributed by atoms with Gasteiger partial charge in [-0.1, -0.05) is 18.2 Å². The second-order valence-electron chi connectivity index (χ2n) is 10.7. The fourth-order valence-electron chi connectivity index (χ4n) is 6.26. The van der Waals surface area contributed by atoms with Crippen LogP contribution in [0.3, 0.4) is 0 Å². The molecule has 2 fully saturated rings. The summed E-state index contributed by atoms with van der Waals surface area (Å²) in [6, 6.07) is 14.6. The van der Waals surface area contributed by atoms with E-state index in [0.717, 1.165) is 62.6 Å². The van der Waals surface area contributed by atoms with Gasteiger partial charge in [0.2, 0.25) is 10.0 Å². The van der Waals surface area contributed by atoms with Gasteiger partial charge in [-0.05, 0) is 85.0 Å². The van der Waals surface area contributed by atoms with Crippen molar-refractivity contribution in [2.45, 2.75) is 43.0 Å². The van der Waals surface area contributed by atoms with Crippen LogP contribution in [0.5, 0.6) is 0 Å². The van der Waals surface area contributed by atoms with Crippen molar-refractivity contribution in [2.24, 2.45) is 5.41 Å². The van der Waals surface area contributed by atoms with Gasteiger partial charge in [-0.15, -0.1) is 0 Å². The molecule has 3 aromatic rings. The first-order valence-electron chi connectivity index (χ1n) is 13.2. The number of nitrogens with zero attached hydrogens (tertiary/aromatic N) is 3. The Morgan fingerprint density at radius 2 is 1.74 bits per heavy atom. The molecule has 0 bridgehead atoms. The number of rotatable bonds is 5. The smallest absolute Gasteiger partial charge is 0.253 e. The zero-order valence-electron chi connectivity index (χ0n) is 21.1. The SMILES string of the molecule is O=C(c1ccc2c(c1)[C@H](NS(=O)(=O)c1ccccc1F)CC2)N1CCC2(CCN(c3ccncc3)CC2)C1. The third-order valence-electron chi connectivity index (χ3n) is 8.47. The molecular formula is C29H31FN4O3S. The molecule has 2 saturated heterocycles. The van der Waals surface area contributed by atoms with E-state index in [1.165, 1.54) is 23.9 Å². The van der Waals surface area contributed by atoms with E-state index in [4.69, 9.17) is 0 Å². The number of piperidine rings is 1. The number of likely N-dealkylation sites (tertiary alicyclic amines) is 1. The van der Waals surface area contributed by atoms with Gasteiger partial charge in [-0.2, -0.15) is 0 Å². The van der Waals surface area contributed by atoms with Crippen LogP contribution in [0.4, 0.5) is 10.1 Å². The van der Waals surface area contributed by atoms with Crippen molar-refractivity contribution in [1.82, 2.24) is 14.6 Å². The third kappa shape index (κ3) is 4.69. The summed E-state index contributed by atoms with van der Waals surface area (Å²) in [5, 5.41) is 0. The summed E-state index contributed by atoms with van der Waals surface area (Å²) in [5.74, 6) is -0.791. The standard InChI is InChI=1S/C29H31FN4O3S/c30-25-3-1-2-4-27(25)38(36,37)32-26-8-7-21-5-6-22(19-24(21)26)28(35)34-18-13-29(20-34)11-16-33(17-12-29)23-9-14-31-15-10-23/h1-6,9-10,14-15,19,26,32H,7-8,11-13,16-18,20H2/t26-/m1/s1. The number of hydrogen-bond acceptors (Lipinski definition) is 5. The zero-order valence-corrected chi connectivity index (χ0v) is 22.0. The topological polar surface area (TPSA) is 82.6 Å². The molecule has 0 saturated carbocycles. The molecule has 1 aliphatic carbocycles. The number of benzene rings is 2. The maximum absolute atomic E-state index is 14.2. The first-order valence-corrected chi connectivity index (χ1v) is 14.7. The van der Waals surface area contributed by atoms with E-state index in [-0.39, 0.29) is 16.2 Å². The molecule has 1 atom stereocenters. The van der Waals surface area contributed by atoms with Crippen molar-refractivity contribution in [2.75, 3.05) is 31.1 Å². The van der Waals surface area contributed by atoms with Crippen molar-refractivity contribution < 1.29 is 17.6 Å². The van der Waals surface area contributed by atoms with Gasteiger partial charge in [-0.3, -0.25) is 9.78 Å². The van der Waals surface area contributed by atoms with Gasteiger partial charge in [0.25, 0.3) is 5.91 Å². The molecule has 0 unspecified atom stereocenters. The predicted octanol–water partition coefficient (Wildman–Crippen LogP) is 4.32. The van der Waals surface area contributed by atoms with Crippen molar-refractivity contribution in [1.29, 1.82) is 0 Å². The van der Waals surface area contributed by atoms with Crippen molar-refractivity contribution >= 4 is 21.6 Å². The summed E-state index contributed by atoms with van der Waals surface area (Å²) in [7, 11) is -4.04. The molecule has 3 aliphatic rings. The summed E-state index contributed by atoms with van der Waals surface area (Å²) in [5.41, 5.74) is 3.74. The van der Waals surface area contributed by atoms with Gasteiger partial charge in [0.1, 0.15) is 10.7 Å². The summed E-state index contributed by atoms with van der Waals surface area (Å²) >= 11 is 0. The van der Waals surface area contributed by atoms with Crippen LogP contribution in [-0.2, 0) is 16.4 Å².